The molecule has 0 radical (unpaired) electrons. The Bertz CT molecular complexity index is 372. The van der Waals surface area contributed by atoms with Crippen LogP contribution >= 0.6 is 0 Å². The summed E-state index contributed by atoms with van der Waals surface area (Å²) in [6, 6.07) is 7.70. The van der Waals surface area contributed by atoms with Crippen molar-refractivity contribution >= 4 is 5.97 Å². The number of benzene rings is 1. The van der Waals surface area contributed by atoms with E-state index in [1.54, 1.807) is 6.07 Å². The minimum absolute atomic E-state index is 0.184. The van der Waals surface area contributed by atoms with E-state index < -0.39 is 0 Å². The van der Waals surface area contributed by atoms with Crippen LogP contribution in [0.4, 0.5) is 0 Å². The van der Waals surface area contributed by atoms with E-state index >= 15 is 0 Å². The van der Waals surface area contributed by atoms with Gasteiger partial charge in [-0.3, -0.25) is 4.79 Å². The highest BCUT2D eigenvalue weighted by Gasteiger charge is 2.15. The number of morpholine rings is 1. The van der Waals surface area contributed by atoms with Crippen LogP contribution in [0.5, 0.6) is 5.75 Å². The summed E-state index contributed by atoms with van der Waals surface area (Å²) in [5, 5.41) is 3.35. The van der Waals surface area contributed by atoms with Crippen LogP contribution in [-0.4, -0.2) is 25.7 Å². The maximum atomic E-state index is 10.8. The second-order valence-corrected chi connectivity index (χ2v) is 3.75. The molecule has 0 aliphatic carbocycles. The maximum Gasteiger partial charge on any atom is 0.308 e. The molecule has 0 spiro atoms. The zero-order valence-corrected chi connectivity index (χ0v) is 9.23. The van der Waals surface area contributed by atoms with Gasteiger partial charge in [-0.25, -0.2) is 0 Å². The third-order valence-corrected chi connectivity index (χ3v) is 2.44. The lowest BCUT2D eigenvalue weighted by Crippen LogP contribution is -2.34. The molecular formula is C12H15NO3. The number of nitrogens with one attached hydrogen (secondary N) is 1. The average molecular weight is 221 g/mol. The number of esters is 1. The standard InChI is InChI=1S/C12H15NO3/c1-9(14)16-11-4-2-3-10(7-11)12-8-15-6-5-13-12/h2-4,7,12-13H,5-6,8H2,1H3/t12-/m1/s1. The van der Waals surface area contributed by atoms with E-state index in [0.29, 0.717) is 12.4 Å². The molecule has 0 amide bonds. The Balaban J connectivity index is 2.11. The predicted octanol–water partition coefficient (Wildman–Crippen LogP) is 1.27. The number of ether oxygens (including phenoxy) is 2. The molecule has 1 N–H and O–H groups in total. The molecule has 1 aliphatic heterocycles. The summed E-state index contributed by atoms with van der Waals surface area (Å²) in [5.74, 6) is 0.280. The zero-order chi connectivity index (χ0) is 11.4. The molecule has 2 rings (SSSR count). The molecule has 1 heterocycles. The summed E-state index contributed by atoms with van der Waals surface area (Å²) < 4.78 is 10.4. The van der Waals surface area contributed by atoms with Crippen molar-refractivity contribution in [2.45, 2.75) is 13.0 Å². The van der Waals surface area contributed by atoms with Crippen molar-refractivity contribution < 1.29 is 14.3 Å². The summed E-state index contributed by atoms with van der Waals surface area (Å²) in [6.07, 6.45) is 0. The molecule has 0 aromatic heterocycles. The highest BCUT2D eigenvalue weighted by Crippen LogP contribution is 2.21. The van der Waals surface area contributed by atoms with Crippen LogP contribution in [0.15, 0.2) is 24.3 Å². The largest absolute Gasteiger partial charge is 0.427 e. The van der Waals surface area contributed by atoms with Crippen molar-refractivity contribution in [2.24, 2.45) is 0 Å². The van der Waals surface area contributed by atoms with Crippen molar-refractivity contribution in [1.29, 1.82) is 0 Å². The van der Waals surface area contributed by atoms with Gasteiger partial charge in [0.05, 0.1) is 19.3 Å². The molecule has 1 atom stereocenters. The third kappa shape index (κ3) is 2.81. The Kier molecular flexibility index (Phi) is 3.54. The van der Waals surface area contributed by atoms with Gasteiger partial charge in [0.2, 0.25) is 0 Å². The Labute approximate surface area is 94.6 Å². The molecule has 1 aliphatic rings. The van der Waals surface area contributed by atoms with Crippen LogP contribution < -0.4 is 10.1 Å². The monoisotopic (exact) mass is 221 g/mol. The first-order valence-electron chi connectivity index (χ1n) is 5.35. The van der Waals surface area contributed by atoms with Gasteiger partial charge in [-0.2, -0.15) is 0 Å². The van der Waals surface area contributed by atoms with Crippen LogP contribution in [0.1, 0.15) is 18.5 Å². The minimum atomic E-state index is -0.301. The van der Waals surface area contributed by atoms with Gasteiger partial charge in [-0.1, -0.05) is 12.1 Å². The molecule has 0 bridgehead atoms. The summed E-state index contributed by atoms with van der Waals surface area (Å²) in [7, 11) is 0. The van der Waals surface area contributed by atoms with Crippen molar-refractivity contribution in [1.82, 2.24) is 5.32 Å². The normalized spacial score (nSPS) is 20.4. The summed E-state index contributed by atoms with van der Waals surface area (Å²) in [6.45, 7) is 3.65. The fourth-order valence-corrected chi connectivity index (χ4v) is 1.74. The summed E-state index contributed by atoms with van der Waals surface area (Å²) in [4.78, 5) is 10.8. The van der Waals surface area contributed by atoms with Gasteiger partial charge in [0.15, 0.2) is 0 Å². The number of carbonyl (C=O) groups is 1. The lowest BCUT2D eigenvalue weighted by atomic mass is 10.1. The number of rotatable bonds is 2. The quantitative estimate of drug-likeness (QED) is 0.603. The van der Waals surface area contributed by atoms with Crippen molar-refractivity contribution in [3.63, 3.8) is 0 Å². The fourth-order valence-electron chi connectivity index (χ4n) is 1.74. The fraction of sp³-hybridized carbons (Fsp3) is 0.417. The Morgan fingerprint density at radius 1 is 1.56 bits per heavy atom. The number of hydrogen-bond donors (Lipinski definition) is 1. The van der Waals surface area contributed by atoms with Crippen LogP contribution in [0.2, 0.25) is 0 Å². The molecule has 4 heteroatoms. The lowest BCUT2D eigenvalue weighted by molar-refractivity contribution is -0.131. The molecular weight excluding hydrogens is 206 g/mol. The van der Waals surface area contributed by atoms with Gasteiger partial charge in [-0.05, 0) is 17.7 Å². The van der Waals surface area contributed by atoms with Gasteiger partial charge in [-0.15, -0.1) is 0 Å². The molecule has 4 nitrogen and oxygen atoms in total. The van der Waals surface area contributed by atoms with E-state index in [1.807, 2.05) is 18.2 Å². The van der Waals surface area contributed by atoms with E-state index in [1.165, 1.54) is 6.92 Å². The first kappa shape index (κ1) is 11.1. The van der Waals surface area contributed by atoms with Gasteiger partial charge in [0, 0.05) is 13.5 Å². The molecule has 1 aromatic rings. The molecule has 0 saturated carbocycles. The van der Waals surface area contributed by atoms with E-state index in [9.17, 15) is 4.79 Å². The van der Waals surface area contributed by atoms with Gasteiger partial charge in [0.1, 0.15) is 5.75 Å². The first-order chi connectivity index (χ1) is 7.75. The van der Waals surface area contributed by atoms with Crippen LogP contribution in [0, 0.1) is 0 Å². The predicted molar refractivity (Wildman–Crippen MR) is 59.3 cm³/mol. The van der Waals surface area contributed by atoms with Gasteiger partial charge >= 0.3 is 5.97 Å². The molecule has 1 aromatic carbocycles. The van der Waals surface area contributed by atoms with E-state index in [-0.39, 0.29) is 12.0 Å². The molecule has 0 unspecified atom stereocenters. The number of carbonyl (C=O) groups excluding carboxylic acids is 1. The topological polar surface area (TPSA) is 47.6 Å². The smallest absolute Gasteiger partial charge is 0.308 e. The van der Waals surface area contributed by atoms with Crippen molar-refractivity contribution in [3.05, 3.63) is 29.8 Å². The highest BCUT2D eigenvalue weighted by atomic mass is 16.5. The van der Waals surface area contributed by atoms with Gasteiger partial charge in [0.25, 0.3) is 0 Å². The average Bonchev–Trinajstić information content (AvgIpc) is 2.30. The van der Waals surface area contributed by atoms with Crippen molar-refractivity contribution in [3.8, 4) is 5.75 Å². The van der Waals surface area contributed by atoms with E-state index in [4.69, 9.17) is 9.47 Å². The number of hydrogen-bond acceptors (Lipinski definition) is 4. The maximum absolute atomic E-state index is 10.8. The molecule has 16 heavy (non-hydrogen) atoms. The highest BCUT2D eigenvalue weighted by molar-refractivity contribution is 5.69. The third-order valence-electron chi connectivity index (χ3n) is 2.44. The summed E-state index contributed by atoms with van der Waals surface area (Å²) in [5.41, 5.74) is 1.08. The summed E-state index contributed by atoms with van der Waals surface area (Å²) >= 11 is 0. The van der Waals surface area contributed by atoms with E-state index in [0.717, 1.165) is 18.7 Å². The van der Waals surface area contributed by atoms with Gasteiger partial charge < -0.3 is 14.8 Å². The SMILES string of the molecule is CC(=O)Oc1cccc([C@H]2COCCN2)c1. The second-order valence-electron chi connectivity index (χ2n) is 3.75. The lowest BCUT2D eigenvalue weighted by Gasteiger charge is -2.24. The van der Waals surface area contributed by atoms with Crippen LogP contribution in [0.25, 0.3) is 0 Å². The zero-order valence-electron chi connectivity index (χ0n) is 9.23. The van der Waals surface area contributed by atoms with E-state index in [2.05, 4.69) is 5.32 Å². The van der Waals surface area contributed by atoms with Crippen molar-refractivity contribution in [2.75, 3.05) is 19.8 Å². The Morgan fingerprint density at radius 2 is 2.44 bits per heavy atom. The second kappa shape index (κ2) is 5.09. The first-order valence-corrected chi connectivity index (χ1v) is 5.35. The molecule has 1 fully saturated rings. The Morgan fingerprint density at radius 3 is 3.12 bits per heavy atom. The molecule has 1 saturated heterocycles. The van der Waals surface area contributed by atoms with Crippen LogP contribution in [-0.2, 0) is 9.53 Å². The minimum Gasteiger partial charge on any atom is -0.427 e. The Hall–Kier alpha value is -1.39. The molecule has 86 valence electrons. The van der Waals surface area contributed by atoms with Crippen LogP contribution in [0.3, 0.4) is 0 Å².